The molecular formula is C35H44N4O4. The third kappa shape index (κ3) is 7.96. The lowest BCUT2D eigenvalue weighted by Crippen LogP contribution is -2.47. The predicted octanol–water partition coefficient (Wildman–Crippen LogP) is 5.14. The Kier molecular flexibility index (Phi) is 10.4. The number of methoxy groups -OCH3 is 1. The molecule has 8 nitrogen and oxygen atoms in total. The minimum atomic E-state index is -0.179. The van der Waals surface area contributed by atoms with Crippen molar-refractivity contribution in [3.05, 3.63) is 88.6 Å². The summed E-state index contributed by atoms with van der Waals surface area (Å²) in [6.45, 7) is 9.93. The van der Waals surface area contributed by atoms with E-state index in [1.807, 2.05) is 24.3 Å². The first-order valence-corrected chi connectivity index (χ1v) is 15.2. The first-order valence-electron chi connectivity index (χ1n) is 15.2. The summed E-state index contributed by atoms with van der Waals surface area (Å²) in [6, 6.07) is 23.3. The van der Waals surface area contributed by atoms with Crippen molar-refractivity contribution in [2.45, 2.75) is 19.4 Å². The molecule has 1 saturated heterocycles. The Bertz CT molecular complexity index is 1520. The Morgan fingerprint density at radius 1 is 0.860 bits per heavy atom. The van der Waals surface area contributed by atoms with Gasteiger partial charge in [0.25, 0.3) is 0 Å². The Morgan fingerprint density at radius 3 is 2.28 bits per heavy atom. The molecular weight excluding hydrogens is 540 g/mol. The van der Waals surface area contributed by atoms with Crippen molar-refractivity contribution in [2.24, 2.45) is 0 Å². The zero-order valence-corrected chi connectivity index (χ0v) is 25.7. The molecule has 1 aliphatic rings. The molecule has 0 aliphatic carbocycles. The predicted molar refractivity (Wildman–Crippen MR) is 174 cm³/mol. The SMILES string of the molecule is COc1c(O)ccc2c(=O)cc(-c3ccc(N(C)CCCCN(C)CCN4CCN(Cc5ccccc5)CC4)cc3)oc12. The topological polar surface area (TPSA) is 72.6 Å². The van der Waals surface area contributed by atoms with Crippen LogP contribution in [0.4, 0.5) is 5.69 Å². The molecule has 0 saturated carbocycles. The van der Waals surface area contributed by atoms with Gasteiger partial charge in [0.05, 0.1) is 12.5 Å². The van der Waals surface area contributed by atoms with Gasteiger partial charge in [0.1, 0.15) is 5.76 Å². The summed E-state index contributed by atoms with van der Waals surface area (Å²) in [5, 5.41) is 10.5. The highest BCUT2D eigenvalue weighted by Gasteiger charge is 2.17. The van der Waals surface area contributed by atoms with E-state index in [9.17, 15) is 9.90 Å². The largest absolute Gasteiger partial charge is 0.504 e. The Hall–Kier alpha value is -3.85. The number of phenols is 1. The van der Waals surface area contributed by atoms with Crippen molar-refractivity contribution in [2.75, 3.05) is 78.5 Å². The normalized spacial score (nSPS) is 14.4. The van der Waals surface area contributed by atoms with Crippen LogP contribution in [0.3, 0.4) is 0 Å². The van der Waals surface area contributed by atoms with E-state index >= 15 is 0 Å². The molecule has 1 aliphatic heterocycles. The van der Waals surface area contributed by atoms with Gasteiger partial charge in [-0.2, -0.15) is 0 Å². The van der Waals surface area contributed by atoms with Gasteiger partial charge < -0.3 is 24.1 Å². The fourth-order valence-corrected chi connectivity index (χ4v) is 5.70. The van der Waals surface area contributed by atoms with Gasteiger partial charge in [-0.1, -0.05) is 30.3 Å². The maximum Gasteiger partial charge on any atom is 0.204 e. The zero-order valence-electron chi connectivity index (χ0n) is 25.7. The van der Waals surface area contributed by atoms with Crippen LogP contribution in [-0.4, -0.2) is 93.4 Å². The van der Waals surface area contributed by atoms with E-state index in [1.165, 1.54) is 24.8 Å². The lowest BCUT2D eigenvalue weighted by Gasteiger charge is -2.35. The number of piperazine rings is 1. The van der Waals surface area contributed by atoms with Gasteiger partial charge in [-0.05, 0) is 68.4 Å². The van der Waals surface area contributed by atoms with Crippen LogP contribution in [-0.2, 0) is 6.54 Å². The average Bonchev–Trinajstić information content (AvgIpc) is 3.03. The quantitative estimate of drug-likeness (QED) is 0.217. The number of unbranched alkanes of at least 4 members (excludes halogenated alkanes) is 1. The minimum Gasteiger partial charge on any atom is -0.504 e. The molecule has 0 radical (unpaired) electrons. The van der Waals surface area contributed by atoms with E-state index in [-0.39, 0.29) is 22.5 Å². The number of benzene rings is 3. The highest BCUT2D eigenvalue weighted by Crippen LogP contribution is 2.35. The van der Waals surface area contributed by atoms with E-state index in [2.05, 4.69) is 64.0 Å². The monoisotopic (exact) mass is 584 g/mol. The fourth-order valence-electron chi connectivity index (χ4n) is 5.70. The summed E-state index contributed by atoms with van der Waals surface area (Å²) in [5.41, 5.74) is 3.38. The molecule has 8 heteroatoms. The van der Waals surface area contributed by atoms with Gasteiger partial charge in [0.2, 0.25) is 5.75 Å². The standard InChI is InChI=1S/C35H44N4O4/c1-36(19-20-38-21-23-39(24-22-38)26-27-9-5-4-6-10-27)17-7-8-18-37(2)29-13-11-28(12-14-29)33-25-32(41)30-15-16-31(40)35(42-3)34(30)43-33/h4-6,9-16,25,40H,7-8,17-24,26H2,1-3H3. The van der Waals surface area contributed by atoms with Gasteiger partial charge in [-0.15, -0.1) is 0 Å². The summed E-state index contributed by atoms with van der Waals surface area (Å²) < 4.78 is 11.3. The number of hydrogen-bond donors (Lipinski definition) is 1. The lowest BCUT2D eigenvalue weighted by molar-refractivity contribution is 0.117. The van der Waals surface area contributed by atoms with Crippen molar-refractivity contribution in [3.8, 4) is 22.8 Å². The van der Waals surface area contributed by atoms with Crippen LogP contribution in [0, 0.1) is 0 Å². The van der Waals surface area contributed by atoms with Crippen molar-refractivity contribution in [3.63, 3.8) is 0 Å². The lowest BCUT2D eigenvalue weighted by atomic mass is 10.1. The maximum absolute atomic E-state index is 12.7. The van der Waals surface area contributed by atoms with Gasteiger partial charge >= 0.3 is 0 Å². The third-order valence-corrected chi connectivity index (χ3v) is 8.42. The maximum atomic E-state index is 12.7. The molecule has 0 unspecified atom stereocenters. The molecule has 0 amide bonds. The first-order chi connectivity index (χ1) is 20.9. The molecule has 1 fully saturated rings. The van der Waals surface area contributed by atoms with E-state index in [1.54, 1.807) is 6.07 Å². The van der Waals surface area contributed by atoms with Gasteiger partial charge in [0, 0.05) is 76.7 Å². The second-order valence-electron chi connectivity index (χ2n) is 11.6. The van der Waals surface area contributed by atoms with E-state index in [0.29, 0.717) is 11.1 Å². The number of likely N-dealkylation sites (N-methyl/N-ethyl adjacent to an activating group) is 1. The van der Waals surface area contributed by atoms with Crippen molar-refractivity contribution in [1.29, 1.82) is 0 Å². The Labute approximate surface area is 254 Å². The summed E-state index contributed by atoms with van der Waals surface area (Å²) >= 11 is 0. The summed E-state index contributed by atoms with van der Waals surface area (Å²) in [4.78, 5) is 22.6. The fraction of sp³-hybridized carbons (Fsp3) is 0.400. The zero-order chi connectivity index (χ0) is 30.2. The number of hydrogen-bond acceptors (Lipinski definition) is 8. The second kappa shape index (κ2) is 14.6. The smallest absolute Gasteiger partial charge is 0.204 e. The summed E-state index contributed by atoms with van der Waals surface area (Å²) in [5.74, 6) is 0.537. The number of aromatic hydroxyl groups is 1. The molecule has 0 bridgehead atoms. The van der Waals surface area contributed by atoms with E-state index in [4.69, 9.17) is 9.15 Å². The van der Waals surface area contributed by atoms with E-state index in [0.717, 1.165) is 83.0 Å². The number of phenolic OH excluding ortho intramolecular Hbond substituents is 1. The third-order valence-electron chi connectivity index (χ3n) is 8.42. The number of rotatable bonds is 13. The molecule has 3 aromatic carbocycles. The highest BCUT2D eigenvalue weighted by atomic mass is 16.5. The van der Waals surface area contributed by atoms with Crippen LogP contribution in [0.1, 0.15) is 18.4 Å². The molecule has 43 heavy (non-hydrogen) atoms. The Balaban J connectivity index is 1.03. The van der Waals surface area contributed by atoms with Crippen molar-refractivity contribution >= 4 is 16.7 Å². The number of nitrogens with zero attached hydrogens (tertiary/aromatic N) is 4. The van der Waals surface area contributed by atoms with Crippen LogP contribution in [0.15, 0.2) is 82.0 Å². The van der Waals surface area contributed by atoms with Crippen molar-refractivity contribution < 1.29 is 14.3 Å². The number of ether oxygens (including phenoxy) is 1. The van der Waals surface area contributed by atoms with Crippen LogP contribution < -0.4 is 15.1 Å². The first kappa shape index (κ1) is 30.6. The molecule has 0 spiro atoms. The van der Waals surface area contributed by atoms with Crippen molar-refractivity contribution in [1.82, 2.24) is 14.7 Å². The molecule has 1 N–H and O–H groups in total. The second-order valence-corrected chi connectivity index (χ2v) is 11.6. The van der Waals surface area contributed by atoms with Gasteiger partial charge in [-0.3, -0.25) is 14.6 Å². The number of fused-ring (bicyclic) bond motifs is 1. The molecule has 5 rings (SSSR count). The van der Waals surface area contributed by atoms with E-state index < -0.39 is 0 Å². The highest BCUT2D eigenvalue weighted by molar-refractivity contribution is 5.86. The van der Waals surface area contributed by atoms with Crippen LogP contribution in [0.2, 0.25) is 0 Å². The summed E-state index contributed by atoms with van der Waals surface area (Å²) in [7, 11) is 5.79. The van der Waals surface area contributed by atoms with Crippen LogP contribution in [0.25, 0.3) is 22.3 Å². The number of anilines is 1. The minimum absolute atomic E-state index is 0.0633. The summed E-state index contributed by atoms with van der Waals surface area (Å²) in [6.07, 6.45) is 2.27. The average molecular weight is 585 g/mol. The van der Waals surface area contributed by atoms with Gasteiger partial charge in [-0.25, -0.2) is 0 Å². The molecule has 4 aromatic rings. The molecule has 228 valence electrons. The Morgan fingerprint density at radius 2 is 1.56 bits per heavy atom. The molecule has 0 atom stereocenters. The molecule has 1 aromatic heterocycles. The van der Waals surface area contributed by atoms with Crippen LogP contribution >= 0.6 is 0 Å². The van der Waals surface area contributed by atoms with Crippen LogP contribution in [0.5, 0.6) is 11.5 Å². The molecule has 2 heterocycles. The van der Waals surface area contributed by atoms with Gasteiger partial charge in [0.15, 0.2) is 16.8 Å².